The first-order chi connectivity index (χ1) is 11.6. The molecule has 3 N–H and O–H groups in total. The summed E-state index contributed by atoms with van der Waals surface area (Å²) >= 11 is 0. The van der Waals surface area contributed by atoms with Gasteiger partial charge in [0.25, 0.3) is 0 Å². The van der Waals surface area contributed by atoms with Crippen LogP contribution in [0.15, 0.2) is 41.7 Å². The average molecular weight is 458 g/mol. The van der Waals surface area contributed by atoms with Crippen molar-refractivity contribution in [3.63, 3.8) is 0 Å². The van der Waals surface area contributed by atoms with Gasteiger partial charge in [-0.1, -0.05) is 30.3 Å². The Balaban J connectivity index is 0.00000312. The van der Waals surface area contributed by atoms with Crippen LogP contribution in [0.25, 0.3) is 0 Å². The van der Waals surface area contributed by atoms with Crippen molar-refractivity contribution in [2.45, 2.75) is 39.5 Å². The third kappa shape index (κ3) is 6.28. The van der Waals surface area contributed by atoms with E-state index in [1.54, 1.807) is 13.3 Å². The lowest BCUT2D eigenvalue weighted by Gasteiger charge is -2.25. The molecular formula is C17H27IN6O. The summed E-state index contributed by atoms with van der Waals surface area (Å²) in [5, 5.41) is 25.0. The number of aryl methyl sites for hydroxylation is 1. The molecule has 2 rings (SSSR count). The summed E-state index contributed by atoms with van der Waals surface area (Å²) in [6.07, 6.45) is 1.70. The van der Waals surface area contributed by atoms with Gasteiger partial charge >= 0.3 is 0 Å². The number of halogens is 1. The number of aliphatic hydroxyl groups is 1. The normalized spacial score (nSPS) is 13.7. The van der Waals surface area contributed by atoms with E-state index in [-0.39, 0.29) is 24.0 Å². The predicted molar refractivity (Wildman–Crippen MR) is 110 cm³/mol. The zero-order chi connectivity index (χ0) is 17.4. The second-order valence-electron chi connectivity index (χ2n) is 5.72. The molecule has 0 saturated heterocycles. The van der Waals surface area contributed by atoms with Gasteiger partial charge in [-0.2, -0.15) is 0 Å². The Bertz CT molecular complexity index is 656. The molecule has 1 aromatic carbocycles. The number of nitrogens with zero attached hydrogens (tertiary/aromatic N) is 4. The first kappa shape index (κ1) is 21.4. The fourth-order valence-electron chi connectivity index (χ4n) is 2.31. The van der Waals surface area contributed by atoms with Crippen LogP contribution in [0.3, 0.4) is 0 Å². The topological polar surface area (TPSA) is 87.4 Å². The smallest absolute Gasteiger partial charge is 0.191 e. The van der Waals surface area contributed by atoms with Crippen LogP contribution in [0.1, 0.15) is 32.2 Å². The molecule has 1 atom stereocenters. The Morgan fingerprint density at radius 2 is 1.96 bits per heavy atom. The highest BCUT2D eigenvalue weighted by Crippen LogP contribution is 2.18. The summed E-state index contributed by atoms with van der Waals surface area (Å²) in [5.41, 5.74) is -0.125. The van der Waals surface area contributed by atoms with Crippen LogP contribution in [0, 0.1) is 0 Å². The molecule has 0 radical (unpaired) electrons. The minimum absolute atomic E-state index is 0. The van der Waals surface area contributed by atoms with Gasteiger partial charge in [-0.25, -0.2) is 4.99 Å². The summed E-state index contributed by atoms with van der Waals surface area (Å²) < 4.78 is 1.95. The van der Waals surface area contributed by atoms with Crippen LogP contribution in [-0.2, 0) is 18.7 Å². The standard InChI is InChI=1S/C17H26N6O.HI/c1-4-18-16(19-11-15-22-21-13-23(15)5-2)20-12-17(3,24)14-9-7-6-8-10-14;/h6-10,13,24H,4-5,11-12H2,1-3H3,(H2,18,19,20);1H. The van der Waals surface area contributed by atoms with Gasteiger partial charge in [-0.15, -0.1) is 34.2 Å². The summed E-state index contributed by atoms with van der Waals surface area (Å²) in [6, 6.07) is 9.59. The highest BCUT2D eigenvalue weighted by atomic mass is 127. The van der Waals surface area contributed by atoms with E-state index in [1.165, 1.54) is 0 Å². The lowest BCUT2D eigenvalue weighted by Crippen LogP contribution is -2.44. The molecule has 0 bridgehead atoms. The van der Waals surface area contributed by atoms with E-state index in [4.69, 9.17) is 0 Å². The third-order valence-electron chi connectivity index (χ3n) is 3.75. The number of hydrogen-bond acceptors (Lipinski definition) is 4. The number of aliphatic imine (C=N–C) groups is 1. The lowest BCUT2D eigenvalue weighted by molar-refractivity contribution is 0.0617. The summed E-state index contributed by atoms with van der Waals surface area (Å²) in [7, 11) is 0. The van der Waals surface area contributed by atoms with Crippen LogP contribution in [-0.4, -0.2) is 38.9 Å². The minimum atomic E-state index is -0.985. The molecule has 8 heteroatoms. The molecule has 25 heavy (non-hydrogen) atoms. The Kier molecular flexibility index (Phi) is 8.84. The van der Waals surface area contributed by atoms with Crippen LogP contribution in [0.2, 0.25) is 0 Å². The van der Waals surface area contributed by atoms with Crippen molar-refractivity contribution in [2.24, 2.45) is 4.99 Å². The van der Waals surface area contributed by atoms with Crippen molar-refractivity contribution in [1.82, 2.24) is 25.4 Å². The molecule has 0 aliphatic heterocycles. The number of benzene rings is 1. The quantitative estimate of drug-likeness (QED) is 0.335. The fourth-order valence-corrected chi connectivity index (χ4v) is 2.31. The Labute approximate surface area is 166 Å². The van der Waals surface area contributed by atoms with Crippen LogP contribution < -0.4 is 10.6 Å². The molecule has 0 fully saturated rings. The van der Waals surface area contributed by atoms with Crippen LogP contribution >= 0.6 is 24.0 Å². The van der Waals surface area contributed by atoms with Gasteiger partial charge < -0.3 is 20.3 Å². The molecule has 0 aliphatic rings. The summed E-state index contributed by atoms with van der Waals surface area (Å²) in [4.78, 5) is 4.52. The van der Waals surface area contributed by atoms with E-state index < -0.39 is 5.60 Å². The number of guanidine groups is 1. The van der Waals surface area contributed by atoms with Crippen molar-refractivity contribution in [1.29, 1.82) is 0 Å². The molecule has 0 amide bonds. The molecule has 1 heterocycles. The molecule has 2 aromatic rings. The van der Waals surface area contributed by atoms with Crippen LogP contribution in [0.4, 0.5) is 0 Å². The largest absolute Gasteiger partial charge is 0.384 e. The molecular weight excluding hydrogens is 431 g/mol. The maximum absolute atomic E-state index is 10.7. The fraction of sp³-hybridized carbons (Fsp3) is 0.471. The van der Waals surface area contributed by atoms with Crippen molar-refractivity contribution in [3.05, 3.63) is 48.0 Å². The van der Waals surface area contributed by atoms with Crippen molar-refractivity contribution in [3.8, 4) is 0 Å². The third-order valence-corrected chi connectivity index (χ3v) is 3.75. The van der Waals surface area contributed by atoms with Crippen LogP contribution in [0.5, 0.6) is 0 Å². The van der Waals surface area contributed by atoms with Gasteiger partial charge in [0.1, 0.15) is 18.5 Å². The first-order valence-electron chi connectivity index (χ1n) is 8.23. The minimum Gasteiger partial charge on any atom is -0.384 e. The number of rotatable bonds is 7. The van der Waals surface area contributed by atoms with Gasteiger partial charge in [-0.05, 0) is 26.3 Å². The van der Waals surface area contributed by atoms with Gasteiger partial charge in [0.15, 0.2) is 11.8 Å². The molecule has 7 nitrogen and oxygen atoms in total. The highest BCUT2D eigenvalue weighted by molar-refractivity contribution is 14.0. The Morgan fingerprint density at radius 1 is 1.24 bits per heavy atom. The number of hydrogen-bond donors (Lipinski definition) is 3. The second-order valence-corrected chi connectivity index (χ2v) is 5.72. The molecule has 1 unspecified atom stereocenters. The first-order valence-corrected chi connectivity index (χ1v) is 8.23. The van der Waals surface area contributed by atoms with E-state index in [0.717, 1.165) is 24.5 Å². The number of nitrogens with one attached hydrogen (secondary N) is 2. The van der Waals surface area contributed by atoms with Gasteiger partial charge in [-0.3, -0.25) is 0 Å². The monoisotopic (exact) mass is 458 g/mol. The second kappa shape index (κ2) is 10.3. The van der Waals surface area contributed by atoms with E-state index in [9.17, 15) is 5.11 Å². The highest BCUT2D eigenvalue weighted by Gasteiger charge is 2.22. The van der Waals surface area contributed by atoms with Gasteiger partial charge in [0.05, 0.1) is 6.54 Å². The van der Waals surface area contributed by atoms with Crippen molar-refractivity contribution in [2.75, 3.05) is 13.1 Å². The maximum atomic E-state index is 10.7. The van der Waals surface area contributed by atoms with E-state index in [2.05, 4.69) is 25.8 Å². The average Bonchev–Trinajstić information content (AvgIpc) is 3.06. The van der Waals surface area contributed by atoms with E-state index in [1.807, 2.05) is 48.7 Å². The predicted octanol–water partition coefficient (Wildman–Crippen LogP) is 1.88. The molecule has 1 aromatic heterocycles. The zero-order valence-electron chi connectivity index (χ0n) is 14.9. The lowest BCUT2D eigenvalue weighted by atomic mass is 9.96. The summed E-state index contributed by atoms with van der Waals surface area (Å²) in [5.74, 6) is 1.45. The van der Waals surface area contributed by atoms with E-state index >= 15 is 0 Å². The zero-order valence-corrected chi connectivity index (χ0v) is 17.3. The number of aromatic nitrogens is 3. The molecule has 0 aliphatic carbocycles. The Morgan fingerprint density at radius 3 is 2.60 bits per heavy atom. The van der Waals surface area contributed by atoms with Crippen molar-refractivity contribution >= 4 is 29.9 Å². The Hall–Kier alpha value is -1.68. The summed E-state index contributed by atoms with van der Waals surface area (Å²) in [6.45, 7) is 8.15. The van der Waals surface area contributed by atoms with Gasteiger partial charge in [0, 0.05) is 13.1 Å². The van der Waals surface area contributed by atoms with Gasteiger partial charge in [0.2, 0.25) is 0 Å². The molecule has 0 spiro atoms. The molecule has 0 saturated carbocycles. The SMILES string of the molecule is CCNC(=NCc1nncn1CC)NCC(C)(O)c1ccccc1.I. The van der Waals surface area contributed by atoms with E-state index in [0.29, 0.717) is 19.0 Å². The van der Waals surface area contributed by atoms with Crippen molar-refractivity contribution < 1.29 is 5.11 Å². The maximum Gasteiger partial charge on any atom is 0.191 e. The molecule has 138 valence electrons.